The van der Waals surface area contributed by atoms with E-state index in [0.29, 0.717) is 46.0 Å². The quantitative estimate of drug-likeness (QED) is 0.585. The Labute approximate surface area is 173 Å². The van der Waals surface area contributed by atoms with Crippen molar-refractivity contribution >= 4 is 22.4 Å². The molecule has 0 fully saturated rings. The molecule has 2 aromatic carbocycles. The number of rotatable bonds is 8. The first-order valence-electron chi connectivity index (χ1n) is 8.89. The van der Waals surface area contributed by atoms with Crippen molar-refractivity contribution in [3.8, 4) is 34.3 Å². The molecule has 8 heteroatoms. The number of ether oxygens (including phenoxy) is 4. The maximum atomic E-state index is 12.6. The Morgan fingerprint density at radius 2 is 1.76 bits per heavy atom. The molecule has 0 saturated carbocycles. The third kappa shape index (κ3) is 4.60. The number of nitrogens with zero attached hydrogens (tertiary/aromatic N) is 1. The molecule has 0 bridgehead atoms. The smallest absolute Gasteiger partial charge is 0.257 e. The van der Waals surface area contributed by atoms with E-state index in [1.165, 1.54) is 18.4 Å². The molecule has 0 aliphatic heterocycles. The van der Waals surface area contributed by atoms with E-state index in [9.17, 15) is 4.79 Å². The van der Waals surface area contributed by atoms with Crippen molar-refractivity contribution in [2.75, 3.05) is 33.3 Å². The molecule has 0 saturated heterocycles. The lowest BCUT2D eigenvalue weighted by Crippen LogP contribution is -2.12. The molecule has 3 rings (SSSR count). The van der Waals surface area contributed by atoms with E-state index >= 15 is 0 Å². The Morgan fingerprint density at radius 3 is 2.45 bits per heavy atom. The van der Waals surface area contributed by atoms with Gasteiger partial charge >= 0.3 is 0 Å². The SMILES string of the molecule is CCOc1ccc(C(=O)Nc2nc(-c3cc(OC)ccc3OC)cs2)cc1OC. The average Bonchev–Trinajstić information content (AvgIpc) is 3.21. The monoisotopic (exact) mass is 414 g/mol. The van der Waals surface area contributed by atoms with Crippen LogP contribution >= 0.6 is 11.3 Å². The van der Waals surface area contributed by atoms with Gasteiger partial charge in [0.25, 0.3) is 5.91 Å². The first-order valence-corrected chi connectivity index (χ1v) is 9.77. The van der Waals surface area contributed by atoms with Gasteiger partial charge in [0, 0.05) is 16.5 Å². The summed E-state index contributed by atoms with van der Waals surface area (Å²) in [4.78, 5) is 17.1. The predicted molar refractivity (Wildman–Crippen MR) is 113 cm³/mol. The lowest BCUT2D eigenvalue weighted by molar-refractivity contribution is 0.102. The van der Waals surface area contributed by atoms with Crippen LogP contribution in [0.3, 0.4) is 0 Å². The summed E-state index contributed by atoms with van der Waals surface area (Å²) in [5, 5.41) is 5.14. The number of amides is 1. The van der Waals surface area contributed by atoms with Gasteiger partial charge < -0.3 is 18.9 Å². The van der Waals surface area contributed by atoms with E-state index in [4.69, 9.17) is 18.9 Å². The maximum absolute atomic E-state index is 12.6. The number of carbonyl (C=O) groups is 1. The summed E-state index contributed by atoms with van der Waals surface area (Å²) in [6.07, 6.45) is 0. The van der Waals surface area contributed by atoms with Gasteiger partial charge in [0.2, 0.25) is 0 Å². The van der Waals surface area contributed by atoms with E-state index in [1.54, 1.807) is 32.4 Å². The minimum Gasteiger partial charge on any atom is -0.497 e. The molecule has 1 aromatic heterocycles. The first kappa shape index (κ1) is 20.5. The molecule has 0 spiro atoms. The Balaban J connectivity index is 1.81. The van der Waals surface area contributed by atoms with E-state index < -0.39 is 0 Å². The highest BCUT2D eigenvalue weighted by Gasteiger charge is 2.15. The van der Waals surface area contributed by atoms with Crippen molar-refractivity contribution in [3.05, 3.63) is 47.3 Å². The van der Waals surface area contributed by atoms with E-state index in [1.807, 2.05) is 30.5 Å². The number of nitrogens with one attached hydrogen (secondary N) is 1. The zero-order chi connectivity index (χ0) is 20.8. The molecule has 29 heavy (non-hydrogen) atoms. The minimum atomic E-state index is -0.287. The Morgan fingerprint density at radius 1 is 1.00 bits per heavy atom. The molecule has 0 aliphatic rings. The predicted octanol–water partition coefficient (Wildman–Crippen LogP) is 4.49. The maximum Gasteiger partial charge on any atom is 0.257 e. The number of hydrogen-bond donors (Lipinski definition) is 1. The Hall–Kier alpha value is -3.26. The Bertz CT molecular complexity index is 1000. The van der Waals surface area contributed by atoms with Gasteiger partial charge in [0.1, 0.15) is 11.5 Å². The highest BCUT2D eigenvalue weighted by molar-refractivity contribution is 7.14. The highest BCUT2D eigenvalue weighted by Crippen LogP contribution is 2.35. The van der Waals surface area contributed by atoms with Crippen LogP contribution in [0.5, 0.6) is 23.0 Å². The molecular formula is C21H22N2O5S. The van der Waals surface area contributed by atoms with Crippen LogP contribution < -0.4 is 24.3 Å². The number of methoxy groups -OCH3 is 3. The summed E-state index contributed by atoms with van der Waals surface area (Å²) in [5.74, 6) is 2.17. The fourth-order valence-corrected chi connectivity index (χ4v) is 3.43. The molecule has 3 aromatic rings. The summed E-state index contributed by atoms with van der Waals surface area (Å²) < 4.78 is 21.5. The average molecular weight is 414 g/mol. The van der Waals surface area contributed by atoms with E-state index in [0.717, 1.165) is 5.56 Å². The number of thiazole rings is 1. The zero-order valence-electron chi connectivity index (χ0n) is 16.6. The van der Waals surface area contributed by atoms with Gasteiger partial charge in [-0.3, -0.25) is 10.1 Å². The van der Waals surface area contributed by atoms with Crippen LogP contribution in [0.4, 0.5) is 5.13 Å². The largest absolute Gasteiger partial charge is 0.497 e. The van der Waals surface area contributed by atoms with Crippen LogP contribution in [0.15, 0.2) is 41.8 Å². The van der Waals surface area contributed by atoms with Gasteiger partial charge in [0.15, 0.2) is 16.6 Å². The minimum absolute atomic E-state index is 0.287. The standard InChI is InChI=1S/C21H22N2O5S/c1-5-28-18-8-6-13(10-19(18)27-4)20(24)23-21-22-16(12-29-21)15-11-14(25-2)7-9-17(15)26-3/h6-12H,5H2,1-4H3,(H,22,23,24). The van der Waals surface area contributed by atoms with Crippen molar-refractivity contribution in [1.82, 2.24) is 4.98 Å². The van der Waals surface area contributed by atoms with Crippen molar-refractivity contribution in [2.45, 2.75) is 6.92 Å². The second kappa shape index (κ2) is 9.29. The summed E-state index contributed by atoms with van der Waals surface area (Å²) in [6.45, 7) is 2.40. The number of hydrogen-bond acceptors (Lipinski definition) is 7. The summed E-state index contributed by atoms with van der Waals surface area (Å²) in [6, 6.07) is 10.5. The zero-order valence-corrected chi connectivity index (χ0v) is 17.5. The number of aromatic nitrogens is 1. The Kier molecular flexibility index (Phi) is 6.56. The fraction of sp³-hybridized carbons (Fsp3) is 0.238. The van der Waals surface area contributed by atoms with E-state index in [-0.39, 0.29) is 5.91 Å². The number of carbonyl (C=O) groups excluding carboxylic acids is 1. The van der Waals surface area contributed by atoms with E-state index in [2.05, 4.69) is 10.3 Å². The van der Waals surface area contributed by atoms with Crippen LogP contribution in [0.25, 0.3) is 11.3 Å². The van der Waals surface area contributed by atoms with Gasteiger partial charge in [-0.15, -0.1) is 11.3 Å². The summed E-state index contributed by atoms with van der Waals surface area (Å²) in [5.41, 5.74) is 1.91. The van der Waals surface area contributed by atoms with Crippen molar-refractivity contribution < 1.29 is 23.7 Å². The van der Waals surface area contributed by atoms with Crippen molar-refractivity contribution in [3.63, 3.8) is 0 Å². The first-order chi connectivity index (χ1) is 14.1. The van der Waals surface area contributed by atoms with Gasteiger partial charge in [-0.2, -0.15) is 0 Å². The van der Waals surface area contributed by atoms with Crippen LogP contribution in [-0.4, -0.2) is 38.8 Å². The second-order valence-corrected chi connectivity index (χ2v) is 6.71. The van der Waals surface area contributed by atoms with Gasteiger partial charge in [-0.25, -0.2) is 4.98 Å². The molecular weight excluding hydrogens is 392 g/mol. The van der Waals surface area contributed by atoms with Crippen molar-refractivity contribution in [1.29, 1.82) is 0 Å². The molecule has 152 valence electrons. The summed E-state index contributed by atoms with van der Waals surface area (Å²) in [7, 11) is 4.73. The molecule has 1 N–H and O–H groups in total. The molecule has 7 nitrogen and oxygen atoms in total. The lowest BCUT2D eigenvalue weighted by Gasteiger charge is -2.10. The van der Waals surface area contributed by atoms with Crippen LogP contribution in [0.2, 0.25) is 0 Å². The summed E-state index contributed by atoms with van der Waals surface area (Å²) >= 11 is 1.33. The molecule has 0 radical (unpaired) electrons. The number of anilines is 1. The third-order valence-electron chi connectivity index (χ3n) is 4.13. The lowest BCUT2D eigenvalue weighted by atomic mass is 10.1. The molecule has 0 aliphatic carbocycles. The second-order valence-electron chi connectivity index (χ2n) is 5.86. The van der Waals surface area contributed by atoms with Gasteiger partial charge in [0.05, 0.1) is 33.6 Å². The molecule has 0 atom stereocenters. The molecule has 1 amide bonds. The number of benzene rings is 2. The van der Waals surface area contributed by atoms with Gasteiger partial charge in [-0.05, 0) is 43.3 Å². The van der Waals surface area contributed by atoms with Crippen LogP contribution in [0.1, 0.15) is 17.3 Å². The topological polar surface area (TPSA) is 78.9 Å². The van der Waals surface area contributed by atoms with Crippen LogP contribution in [0, 0.1) is 0 Å². The normalized spacial score (nSPS) is 10.3. The van der Waals surface area contributed by atoms with Crippen LogP contribution in [-0.2, 0) is 0 Å². The third-order valence-corrected chi connectivity index (χ3v) is 4.89. The molecule has 1 heterocycles. The van der Waals surface area contributed by atoms with Gasteiger partial charge in [-0.1, -0.05) is 0 Å². The molecule has 0 unspecified atom stereocenters. The highest BCUT2D eigenvalue weighted by atomic mass is 32.1. The van der Waals surface area contributed by atoms with Crippen molar-refractivity contribution in [2.24, 2.45) is 0 Å². The fourth-order valence-electron chi connectivity index (χ4n) is 2.72.